The third-order valence-corrected chi connectivity index (χ3v) is 8.23. The first-order valence-electron chi connectivity index (χ1n) is 11.8. The minimum atomic E-state index is -2.98. The third-order valence-electron chi connectivity index (χ3n) is 6.72. The number of hydrogen-bond acceptors (Lipinski definition) is 7. The number of carbonyl (C=O) groups excluding carboxylic acids is 1. The lowest BCUT2D eigenvalue weighted by Gasteiger charge is -2.37. The van der Waals surface area contributed by atoms with Gasteiger partial charge in [-0.2, -0.15) is 0 Å². The molecule has 1 amide bonds. The first-order valence-corrected chi connectivity index (χ1v) is 13.8. The second-order valence-corrected chi connectivity index (χ2v) is 11.6. The van der Waals surface area contributed by atoms with Crippen LogP contribution in [0.5, 0.6) is 17.2 Å². The average Bonchev–Trinajstić information content (AvgIpc) is 3.59. The van der Waals surface area contributed by atoms with E-state index in [1.807, 2.05) is 23.1 Å². The van der Waals surface area contributed by atoms with Gasteiger partial charge in [0.15, 0.2) is 27.1 Å². The molecule has 0 N–H and O–H groups in total. The molecule has 0 atom stereocenters. The fraction of sp³-hybridized carbons (Fsp3) is 0.423. The van der Waals surface area contributed by atoms with Gasteiger partial charge in [-0.05, 0) is 54.7 Å². The summed E-state index contributed by atoms with van der Waals surface area (Å²) in [5, 5.41) is -0.279. The molecule has 186 valence electrons. The zero-order valence-electron chi connectivity index (χ0n) is 20.0. The van der Waals surface area contributed by atoms with E-state index in [0.29, 0.717) is 67.4 Å². The molecule has 2 aromatic rings. The number of anilines is 1. The summed E-state index contributed by atoms with van der Waals surface area (Å²) in [6.45, 7) is 2.53. The highest BCUT2D eigenvalue weighted by atomic mass is 32.2. The van der Waals surface area contributed by atoms with Gasteiger partial charge in [0.1, 0.15) is 12.4 Å². The summed E-state index contributed by atoms with van der Waals surface area (Å²) >= 11 is 0. The van der Waals surface area contributed by atoms with Gasteiger partial charge < -0.3 is 19.1 Å². The highest BCUT2D eigenvalue weighted by Gasteiger charge is 2.34. The largest absolute Gasteiger partial charge is 0.493 e. The number of methoxy groups -OCH3 is 1. The van der Waals surface area contributed by atoms with Crippen LogP contribution in [0.2, 0.25) is 0 Å². The average molecular weight is 499 g/mol. The van der Waals surface area contributed by atoms with E-state index in [9.17, 15) is 13.2 Å². The number of ether oxygens (including phenoxy) is 3. The maximum absolute atomic E-state index is 13.0. The van der Waals surface area contributed by atoms with E-state index in [2.05, 4.69) is 12.1 Å². The zero-order chi connectivity index (χ0) is 24.6. The van der Waals surface area contributed by atoms with Crippen LogP contribution < -0.4 is 19.1 Å². The molecule has 0 unspecified atom stereocenters. The monoisotopic (exact) mass is 498 g/mol. The van der Waals surface area contributed by atoms with Crippen molar-refractivity contribution in [2.24, 2.45) is 0 Å². The van der Waals surface area contributed by atoms with Crippen LogP contribution in [0.15, 0.2) is 54.3 Å². The van der Waals surface area contributed by atoms with Gasteiger partial charge in [-0.1, -0.05) is 12.1 Å². The van der Waals surface area contributed by atoms with Gasteiger partial charge in [0, 0.05) is 44.2 Å². The van der Waals surface area contributed by atoms with Crippen LogP contribution in [-0.4, -0.2) is 70.6 Å². The van der Waals surface area contributed by atoms with E-state index in [0.717, 1.165) is 0 Å². The second kappa shape index (κ2) is 9.54. The molecule has 3 aliphatic rings. The van der Waals surface area contributed by atoms with E-state index >= 15 is 0 Å². The molecule has 8 nitrogen and oxygen atoms in total. The van der Waals surface area contributed by atoms with Crippen LogP contribution in [0.4, 0.5) is 5.69 Å². The van der Waals surface area contributed by atoms with Gasteiger partial charge in [0.25, 0.3) is 5.91 Å². The molecule has 1 saturated carbocycles. The van der Waals surface area contributed by atoms with Gasteiger partial charge in [0.05, 0.1) is 12.4 Å². The highest BCUT2D eigenvalue weighted by molar-refractivity contribution is 7.91. The van der Waals surface area contributed by atoms with E-state index < -0.39 is 9.84 Å². The van der Waals surface area contributed by atoms with E-state index in [4.69, 9.17) is 14.2 Å². The highest BCUT2D eigenvalue weighted by Crippen LogP contribution is 2.40. The number of hydrogen-bond donors (Lipinski definition) is 0. The molecule has 1 saturated heterocycles. The Bertz CT molecular complexity index is 1230. The molecule has 2 fully saturated rings. The van der Waals surface area contributed by atoms with Crippen molar-refractivity contribution in [1.82, 2.24) is 4.90 Å². The predicted molar refractivity (Wildman–Crippen MR) is 133 cm³/mol. The van der Waals surface area contributed by atoms with Crippen molar-refractivity contribution >= 4 is 21.4 Å². The summed E-state index contributed by atoms with van der Waals surface area (Å²) in [5.41, 5.74) is 2.01. The van der Waals surface area contributed by atoms with Crippen molar-refractivity contribution in [3.8, 4) is 17.2 Å². The quantitative estimate of drug-likeness (QED) is 0.498. The van der Waals surface area contributed by atoms with Crippen molar-refractivity contribution in [2.45, 2.75) is 24.0 Å². The third kappa shape index (κ3) is 5.31. The minimum absolute atomic E-state index is 0.204. The number of rotatable bonds is 10. The first-order chi connectivity index (χ1) is 16.8. The number of likely N-dealkylation sites (tertiary alicyclic amines) is 1. The maximum Gasteiger partial charge on any atom is 0.294 e. The molecule has 2 aromatic carbocycles. The molecule has 0 radical (unpaired) electrons. The summed E-state index contributed by atoms with van der Waals surface area (Å²) in [4.78, 5) is 16.7. The van der Waals surface area contributed by atoms with Crippen molar-refractivity contribution in [3.05, 3.63) is 59.9 Å². The summed E-state index contributed by atoms with van der Waals surface area (Å²) in [6, 6.07) is 13.4. The van der Waals surface area contributed by atoms with Gasteiger partial charge in [-0.15, -0.1) is 0 Å². The molecule has 9 heteroatoms. The summed E-state index contributed by atoms with van der Waals surface area (Å²) in [6.07, 6.45) is 5.55. The van der Waals surface area contributed by atoms with Crippen LogP contribution in [0, 0.1) is 0 Å². The number of carbonyl (C=O) groups is 1. The minimum Gasteiger partial charge on any atom is -0.493 e. The van der Waals surface area contributed by atoms with Crippen molar-refractivity contribution in [3.63, 3.8) is 0 Å². The van der Waals surface area contributed by atoms with E-state index in [-0.39, 0.29) is 11.2 Å². The smallest absolute Gasteiger partial charge is 0.294 e. The number of amides is 1. The molecule has 0 bridgehead atoms. The van der Waals surface area contributed by atoms with Crippen LogP contribution in [-0.2, 0) is 14.6 Å². The summed E-state index contributed by atoms with van der Waals surface area (Å²) in [7, 11) is -1.42. The van der Waals surface area contributed by atoms with E-state index in [1.165, 1.54) is 24.7 Å². The first kappa shape index (κ1) is 23.7. The van der Waals surface area contributed by atoms with Crippen molar-refractivity contribution in [1.29, 1.82) is 0 Å². The molecule has 35 heavy (non-hydrogen) atoms. The van der Waals surface area contributed by atoms with Crippen LogP contribution in [0.1, 0.15) is 24.3 Å². The Morgan fingerprint density at radius 3 is 2.43 bits per heavy atom. The molecule has 0 aromatic heterocycles. The van der Waals surface area contributed by atoms with Crippen LogP contribution in [0.25, 0.3) is 0 Å². The van der Waals surface area contributed by atoms with E-state index in [1.54, 1.807) is 30.2 Å². The van der Waals surface area contributed by atoms with Crippen molar-refractivity contribution in [2.75, 3.05) is 51.1 Å². The number of nitrogens with zero attached hydrogens (tertiary/aromatic N) is 2. The molecule has 0 spiro atoms. The number of benzene rings is 2. The Hall–Kier alpha value is -3.04. The molecule has 5 rings (SSSR count). The molecule has 2 aliphatic heterocycles. The molecule has 1 aliphatic carbocycles. The summed E-state index contributed by atoms with van der Waals surface area (Å²) in [5.74, 6) is 2.54. The SMILES string of the molecule is COc1cc(N2CC=C(Oc3ccc(C4CC4)cc3)C2=O)ccc1OCCN1CC(S(C)(=O)=O)C1. The van der Waals surface area contributed by atoms with Gasteiger partial charge in [-0.25, -0.2) is 8.42 Å². The fourth-order valence-electron chi connectivity index (χ4n) is 4.34. The molecule has 2 heterocycles. The Morgan fingerprint density at radius 2 is 1.77 bits per heavy atom. The van der Waals surface area contributed by atoms with Crippen molar-refractivity contribution < 1.29 is 27.4 Å². The lowest BCUT2D eigenvalue weighted by molar-refractivity contribution is -0.116. The lowest BCUT2D eigenvalue weighted by atomic mass is 10.1. The fourth-order valence-corrected chi connectivity index (χ4v) is 5.30. The maximum atomic E-state index is 13.0. The Balaban J connectivity index is 1.15. The Kier molecular flexibility index (Phi) is 6.46. The zero-order valence-corrected chi connectivity index (χ0v) is 20.8. The molecular formula is C26H30N2O6S. The topological polar surface area (TPSA) is 85.4 Å². The summed E-state index contributed by atoms with van der Waals surface area (Å²) < 4.78 is 40.3. The standard InChI is InChI=1S/C26H30N2O6S/c1-32-25-15-20(7-10-23(25)33-14-13-27-16-22(17-27)35(2,30)31)28-12-11-24(26(28)29)34-21-8-5-19(6-9-21)18-3-4-18/h5-11,15,18,22H,3-4,12-14,16-17H2,1-2H3. The predicted octanol–water partition coefficient (Wildman–Crippen LogP) is 2.99. The van der Waals surface area contributed by atoms with Gasteiger partial charge in [0.2, 0.25) is 0 Å². The Morgan fingerprint density at radius 1 is 1.03 bits per heavy atom. The van der Waals surface area contributed by atoms with Gasteiger partial charge in [-0.3, -0.25) is 9.69 Å². The van der Waals surface area contributed by atoms with Gasteiger partial charge >= 0.3 is 0 Å². The number of sulfone groups is 1. The van der Waals surface area contributed by atoms with Crippen LogP contribution in [0.3, 0.4) is 0 Å². The Labute approximate surface area is 206 Å². The van der Waals surface area contributed by atoms with Crippen LogP contribution >= 0.6 is 0 Å². The normalized spacial score (nSPS) is 18.9. The lowest BCUT2D eigenvalue weighted by Crippen LogP contribution is -2.55. The molecular weight excluding hydrogens is 468 g/mol. The second-order valence-electron chi connectivity index (χ2n) is 9.32.